The number of aromatic nitrogens is 2. The molecular formula is C15H28N4. The first-order valence-electron chi connectivity index (χ1n) is 7.67. The number of nitrogens with one attached hydrogen (secondary N) is 1. The average Bonchev–Trinajstić information content (AvgIpc) is 2.80. The SMILES string of the molecule is CCc1cc(CNCC(C)N2CCCCC2)n(C)n1. The number of hydrogen-bond donors (Lipinski definition) is 1. The van der Waals surface area contributed by atoms with E-state index in [2.05, 4.69) is 35.2 Å². The van der Waals surface area contributed by atoms with E-state index in [1.54, 1.807) is 0 Å². The van der Waals surface area contributed by atoms with Crippen molar-refractivity contribution in [3.05, 3.63) is 17.5 Å². The van der Waals surface area contributed by atoms with Crippen molar-refractivity contribution in [2.24, 2.45) is 7.05 Å². The van der Waals surface area contributed by atoms with Crippen LogP contribution in [0.4, 0.5) is 0 Å². The molecule has 1 fully saturated rings. The smallest absolute Gasteiger partial charge is 0.0625 e. The van der Waals surface area contributed by atoms with E-state index >= 15 is 0 Å². The van der Waals surface area contributed by atoms with Gasteiger partial charge in [0.1, 0.15) is 0 Å². The van der Waals surface area contributed by atoms with E-state index in [1.807, 2.05) is 11.7 Å². The second kappa shape index (κ2) is 7.06. The number of rotatable bonds is 6. The summed E-state index contributed by atoms with van der Waals surface area (Å²) in [4.78, 5) is 2.61. The predicted molar refractivity (Wildman–Crippen MR) is 79.2 cm³/mol. The Kier molecular flexibility index (Phi) is 5.40. The molecule has 0 aliphatic carbocycles. The van der Waals surface area contributed by atoms with Gasteiger partial charge in [-0.15, -0.1) is 0 Å². The maximum Gasteiger partial charge on any atom is 0.0625 e. The average molecular weight is 264 g/mol. The quantitative estimate of drug-likeness (QED) is 0.852. The first-order valence-corrected chi connectivity index (χ1v) is 7.67. The molecule has 0 amide bonds. The van der Waals surface area contributed by atoms with Crippen LogP contribution in [-0.2, 0) is 20.0 Å². The largest absolute Gasteiger partial charge is 0.310 e. The highest BCUT2D eigenvalue weighted by molar-refractivity contribution is 5.09. The van der Waals surface area contributed by atoms with Crippen LogP contribution in [0.25, 0.3) is 0 Å². The van der Waals surface area contributed by atoms with E-state index in [1.165, 1.54) is 43.7 Å². The van der Waals surface area contributed by atoms with Gasteiger partial charge in [0.2, 0.25) is 0 Å². The molecule has 1 N–H and O–H groups in total. The van der Waals surface area contributed by atoms with Crippen LogP contribution in [0, 0.1) is 0 Å². The van der Waals surface area contributed by atoms with Crippen molar-refractivity contribution in [2.45, 2.75) is 52.1 Å². The van der Waals surface area contributed by atoms with Crippen LogP contribution < -0.4 is 5.32 Å². The maximum absolute atomic E-state index is 4.48. The molecule has 1 aromatic rings. The summed E-state index contributed by atoms with van der Waals surface area (Å²) < 4.78 is 2.00. The first-order chi connectivity index (χ1) is 9.20. The normalized spacial score (nSPS) is 18.7. The molecule has 0 spiro atoms. The van der Waals surface area contributed by atoms with Gasteiger partial charge >= 0.3 is 0 Å². The molecule has 1 aliphatic heterocycles. The van der Waals surface area contributed by atoms with E-state index in [9.17, 15) is 0 Å². The Morgan fingerprint density at radius 3 is 2.68 bits per heavy atom. The van der Waals surface area contributed by atoms with Crippen LogP contribution >= 0.6 is 0 Å². The molecule has 4 heteroatoms. The molecule has 19 heavy (non-hydrogen) atoms. The highest BCUT2D eigenvalue weighted by Gasteiger charge is 2.16. The van der Waals surface area contributed by atoms with Crippen LogP contribution in [0.3, 0.4) is 0 Å². The van der Waals surface area contributed by atoms with E-state index in [-0.39, 0.29) is 0 Å². The van der Waals surface area contributed by atoms with Crippen LogP contribution in [0.5, 0.6) is 0 Å². The molecular weight excluding hydrogens is 236 g/mol. The monoisotopic (exact) mass is 264 g/mol. The first kappa shape index (κ1) is 14.5. The van der Waals surface area contributed by atoms with Gasteiger partial charge in [0.25, 0.3) is 0 Å². The summed E-state index contributed by atoms with van der Waals surface area (Å²) in [5, 5.41) is 8.06. The standard InChI is InChI=1S/C15H28N4/c1-4-14-10-15(18(3)17-14)12-16-11-13(2)19-8-6-5-7-9-19/h10,13,16H,4-9,11-12H2,1-3H3. The number of piperidine rings is 1. The minimum Gasteiger partial charge on any atom is -0.310 e. The lowest BCUT2D eigenvalue weighted by molar-refractivity contribution is 0.170. The molecule has 1 aliphatic rings. The van der Waals surface area contributed by atoms with Gasteiger partial charge in [-0.25, -0.2) is 0 Å². The summed E-state index contributed by atoms with van der Waals surface area (Å²) in [6.45, 7) is 9.01. The van der Waals surface area contributed by atoms with E-state index in [0.717, 1.165) is 19.5 Å². The zero-order valence-electron chi connectivity index (χ0n) is 12.7. The van der Waals surface area contributed by atoms with Gasteiger partial charge in [0.15, 0.2) is 0 Å². The van der Waals surface area contributed by atoms with Gasteiger partial charge in [-0.05, 0) is 45.3 Å². The maximum atomic E-state index is 4.48. The summed E-state index contributed by atoms with van der Waals surface area (Å²) in [6.07, 6.45) is 5.15. The zero-order valence-corrected chi connectivity index (χ0v) is 12.7. The van der Waals surface area contributed by atoms with E-state index < -0.39 is 0 Å². The Hall–Kier alpha value is -0.870. The number of nitrogens with zero attached hydrogens (tertiary/aromatic N) is 3. The molecule has 2 heterocycles. The highest BCUT2D eigenvalue weighted by atomic mass is 15.3. The Balaban J connectivity index is 1.74. The van der Waals surface area contributed by atoms with Crippen molar-refractivity contribution in [1.82, 2.24) is 20.0 Å². The molecule has 0 saturated carbocycles. The Morgan fingerprint density at radius 1 is 1.32 bits per heavy atom. The Labute approximate surface area is 117 Å². The van der Waals surface area contributed by atoms with Gasteiger partial charge < -0.3 is 5.32 Å². The summed E-state index contributed by atoms with van der Waals surface area (Å²) in [5.41, 5.74) is 2.46. The van der Waals surface area contributed by atoms with Gasteiger partial charge in [-0.2, -0.15) is 5.10 Å². The lowest BCUT2D eigenvalue weighted by atomic mass is 10.1. The van der Waals surface area contributed by atoms with E-state index in [4.69, 9.17) is 0 Å². The molecule has 2 rings (SSSR count). The van der Waals surface area contributed by atoms with E-state index in [0.29, 0.717) is 6.04 Å². The third-order valence-electron chi connectivity index (χ3n) is 4.15. The number of hydrogen-bond acceptors (Lipinski definition) is 3. The third kappa shape index (κ3) is 4.05. The molecule has 0 bridgehead atoms. The minimum atomic E-state index is 0.638. The molecule has 108 valence electrons. The van der Waals surface area contributed by atoms with Crippen molar-refractivity contribution >= 4 is 0 Å². The molecule has 0 radical (unpaired) electrons. The second-order valence-electron chi connectivity index (χ2n) is 5.68. The topological polar surface area (TPSA) is 33.1 Å². The predicted octanol–water partition coefficient (Wildman–Crippen LogP) is 1.95. The summed E-state index contributed by atoms with van der Waals surface area (Å²) in [6, 6.07) is 2.85. The second-order valence-corrected chi connectivity index (χ2v) is 5.68. The molecule has 0 aromatic carbocycles. The summed E-state index contributed by atoms with van der Waals surface area (Å²) in [5.74, 6) is 0. The van der Waals surface area contributed by atoms with Gasteiger partial charge in [0.05, 0.1) is 11.4 Å². The van der Waals surface area contributed by atoms with Crippen LogP contribution in [0.1, 0.15) is 44.5 Å². The van der Waals surface area contributed by atoms with Gasteiger partial charge in [-0.1, -0.05) is 13.3 Å². The fourth-order valence-corrected chi connectivity index (χ4v) is 2.81. The lowest BCUT2D eigenvalue weighted by Crippen LogP contribution is -2.43. The highest BCUT2D eigenvalue weighted by Crippen LogP contribution is 2.11. The number of likely N-dealkylation sites (tertiary alicyclic amines) is 1. The van der Waals surface area contributed by atoms with Crippen molar-refractivity contribution in [1.29, 1.82) is 0 Å². The van der Waals surface area contributed by atoms with Crippen LogP contribution in [0.15, 0.2) is 6.07 Å². The fourth-order valence-electron chi connectivity index (χ4n) is 2.81. The summed E-state index contributed by atoms with van der Waals surface area (Å²) in [7, 11) is 2.03. The molecule has 1 atom stereocenters. The molecule has 1 saturated heterocycles. The lowest BCUT2D eigenvalue weighted by Gasteiger charge is -2.32. The third-order valence-corrected chi connectivity index (χ3v) is 4.15. The number of aryl methyl sites for hydroxylation is 2. The Morgan fingerprint density at radius 2 is 2.05 bits per heavy atom. The zero-order chi connectivity index (χ0) is 13.7. The molecule has 1 unspecified atom stereocenters. The molecule has 1 aromatic heterocycles. The molecule has 4 nitrogen and oxygen atoms in total. The van der Waals surface area contributed by atoms with Gasteiger partial charge in [0, 0.05) is 26.2 Å². The summed E-state index contributed by atoms with van der Waals surface area (Å²) >= 11 is 0. The van der Waals surface area contributed by atoms with Crippen LogP contribution in [-0.4, -0.2) is 40.4 Å². The van der Waals surface area contributed by atoms with Crippen molar-refractivity contribution < 1.29 is 0 Å². The van der Waals surface area contributed by atoms with Gasteiger partial charge in [-0.3, -0.25) is 9.58 Å². The minimum absolute atomic E-state index is 0.638. The van der Waals surface area contributed by atoms with Crippen molar-refractivity contribution in [3.63, 3.8) is 0 Å². The fraction of sp³-hybridized carbons (Fsp3) is 0.800. The van der Waals surface area contributed by atoms with Crippen LogP contribution in [0.2, 0.25) is 0 Å². The van der Waals surface area contributed by atoms with Crippen molar-refractivity contribution in [3.8, 4) is 0 Å². The Bertz CT molecular complexity index is 379. The van der Waals surface area contributed by atoms with Crippen molar-refractivity contribution in [2.75, 3.05) is 19.6 Å².